The Bertz CT molecular complexity index is 1140. The maximum atomic E-state index is 13.1. The third-order valence-electron chi connectivity index (χ3n) is 11.9. The Labute approximate surface area is 372 Å². The van der Waals surface area contributed by atoms with Gasteiger partial charge in [0.2, 0.25) is 0 Å². The van der Waals surface area contributed by atoms with Crippen molar-refractivity contribution in [1.82, 2.24) is 0 Å². The molecule has 2 heterocycles. The number of hydrogen-bond donors (Lipinski definition) is 0. The molecule has 0 N–H and O–H groups in total. The van der Waals surface area contributed by atoms with E-state index in [4.69, 9.17) is 0 Å². The normalized spacial score (nSPS) is 11.7. The lowest BCUT2D eigenvalue weighted by Gasteiger charge is -2.04. The first-order chi connectivity index (χ1) is 27.5. The van der Waals surface area contributed by atoms with E-state index in [2.05, 4.69) is 45.7 Å². The molecule has 0 unspecified atom stereocenters. The monoisotopic (exact) mass is 940 g/mol. The van der Waals surface area contributed by atoms with Crippen molar-refractivity contribution < 1.29 is 9.59 Å². The molecule has 0 aliphatic rings. The van der Waals surface area contributed by atoms with Gasteiger partial charge in [0.05, 0.1) is 28.1 Å². The third kappa shape index (κ3) is 24.9. The molecular weight excluding hydrogens is 856 g/mol. The Morgan fingerprint density at radius 1 is 0.321 bits per heavy atom. The van der Waals surface area contributed by atoms with Crippen LogP contribution >= 0.6 is 54.5 Å². The smallest absolute Gasteiger partial charge is 0.174 e. The fourth-order valence-corrected chi connectivity index (χ4v) is 12.6. The number of halogens is 2. The van der Waals surface area contributed by atoms with Gasteiger partial charge in [-0.25, -0.2) is 0 Å². The minimum Gasteiger partial charge on any atom is -0.293 e. The Morgan fingerprint density at radius 2 is 0.500 bits per heavy atom. The predicted octanol–water partition coefficient (Wildman–Crippen LogP) is 20.5. The van der Waals surface area contributed by atoms with Crippen LogP contribution in [-0.2, 0) is 0 Å². The molecule has 2 aromatic heterocycles. The number of rotatable bonds is 42. The van der Waals surface area contributed by atoms with Gasteiger partial charge in [0.1, 0.15) is 0 Å². The molecule has 6 heteroatoms. The molecule has 0 spiro atoms. The van der Waals surface area contributed by atoms with Crippen molar-refractivity contribution in [1.29, 1.82) is 0 Å². The van der Waals surface area contributed by atoms with Crippen molar-refractivity contribution in [2.75, 3.05) is 0 Å². The standard InChI is InChI=1S/C50H86Br2O2S2/c1-3-5-7-9-11-13-15-17-19-21-23-25-27-29-31-33-35-37-39-41-43(53)47-45(51)49-50(55-47)46(52)48(56-49)44(54)42-40-38-36-34-32-30-28-26-24-22-20-18-16-14-12-10-8-6-4-2/h3-42H2,1-2H3. The van der Waals surface area contributed by atoms with Crippen LogP contribution in [-0.4, -0.2) is 11.6 Å². The SMILES string of the molecule is CCCCCCCCCCCCCCCCCCCCCC(=O)c1sc2c(Br)c(C(=O)CCCCCCCCCCCCCCCCCCCCC)sc2c1Br. The third-order valence-corrected chi connectivity index (χ3v) is 17.2. The zero-order chi connectivity index (χ0) is 40.3. The molecule has 0 amide bonds. The minimum absolute atomic E-state index is 0.242. The number of Topliss-reactive ketones (excluding diaryl/α,β-unsaturated/α-hetero) is 2. The van der Waals surface area contributed by atoms with Crippen LogP contribution in [0.15, 0.2) is 8.95 Å². The van der Waals surface area contributed by atoms with E-state index in [-0.39, 0.29) is 11.6 Å². The Kier molecular flexibility index (Phi) is 34.2. The van der Waals surface area contributed by atoms with Crippen LogP contribution in [0.4, 0.5) is 0 Å². The number of unbranched alkanes of at least 4 members (excludes halogenated alkanes) is 36. The molecule has 0 aromatic carbocycles. The number of ketones is 2. The lowest BCUT2D eigenvalue weighted by molar-refractivity contribution is 0.0974. The zero-order valence-corrected chi connectivity index (χ0v) is 41.5. The van der Waals surface area contributed by atoms with Gasteiger partial charge >= 0.3 is 0 Å². The highest BCUT2D eigenvalue weighted by molar-refractivity contribution is 9.11. The van der Waals surface area contributed by atoms with E-state index in [1.54, 1.807) is 22.7 Å². The molecule has 2 nitrogen and oxygen atoms in total. The van der Waals surface area contributed by atoms with Gasteiger partial charge in [-0.05, 0) is 44.7 Å². The summed E-state index contributed by atoms with van der Waals surface area (Å²) in [6.45, 7) is 4.59. The van der Waals surface area contributed by atoms with Crippen LogP contribution < -0.4 is 0 Å². The Hall–Kier alpha value is -0.0400. The van der Waals surface area contributed by atoms with Gasteiger partial charge in [-0.15, -0.1) is 22.7 Å². The fraction of sp³-hybridized carbons (Fsp3) is 0.840. The fourth-order valence-electron chi connectivity index (χ4n) is 8.20. The summed E-state index contributed by atoms with van der Waals surface area (Å²) in [4.78, 5) is 27.9. The van der Waals surface area contributed by atoms with Crippen molar-refractivity contribution in [3.8, 4) is 0 Å². The van der Waals surface area contributed by atoms with E-state index < -0.39 is 0 Å². The van der Waals surface area contributed by atoms with Gasteiger partial charge in [0.25, 0.3) is 0 Å². The highest BCUT2D eigenvalue weighted by Gasteiger charge is 2.24. The van der Waals surface area contributed by atoms with Crippen LogP contribution in [0.1, 0.15) is 290 Å². The van der Waals surface area contributed by atoms with E-state index in [0.717, 1.165) is 53.8 Å². The van der Waals surface area contributed by atoms with Crippen molar-refractivity contribution in [3.05, 3.63) is 18.7 Å². The molecular formula is C50H86Br2O2S2. The molecule has 0 saturated carbocycles. The summed E-state index contributed by atoms with van der Waals surface area (Å²) < 4.78 is 3.90. The largest absolute Gasteiger partial charge is 0.293 e. The van der Waals surface area contributed by atoms with Crippen molar-refractivity contribution in [2.45, 2.75) is 271 Å². The summed E-state index contributed by atoms with van der Waals surface area (Å²) in [5.74, 6) is 0.484. The molecule has 56 heavy (non-hydrogen) atoms. The summed E-state index contributed by atoms with van der Waals surface area (Å²) in [5.41, 5.74) is 0. The number of thiophene rings is 2. The first-order valence-electron chi connectivity index (χ1n) is 24.5. The van der Waals surface area contributed by atoms with Gasteiger partial charge < -0.3 is 0 Å². The van der Waals surface area contributed by atoms with Gasteiger partial charge in [-0.2, -0.15) is 0 Å². The molecule has 2 rings (SSSR count). The highest BCUT2D eigenvalue weighted by Crippen LogP contribution is 2.47. The van der Waals surface area contributed by atoms with E-state index in [1.165, 1.54) is 218 Å². The van der Waals surface area contributed by atoms with Gasteiger partial charge in [0, 0.05) is 12.8 Å². The first-order valence-corrected chi connectivity index (χ1v) is 27.7. The number of hydrogen-bond acceptors (Lipinski definition) is 4. The van der Waals surface area contributed by atoms with E-state index in [9.17, 15) is 9.59 Å². The molecule has 0 saturated heterocycles. The maximum absolute atomic E-state index is 13.1. The molecule has 0 atom stereocenters. The summed E-state index contributed by atoms with van der Waals surface area (Å²) in [7, 11) is 0. The Balaban J connectivity index is 1.44. The second-order valence-corrected chi connectivity index (χ2v) is 20.9. The Morgan fingerprint density at radius 3 is 0.696 bits per heavy atom. The lowest BCUT2D eigenvalue weighted by Crippen LogP contribution is -1.98. The summed E-state index contributed by atoms with van der Waals surface area (Å²) in [6, 6.07) is 0. The van der Waals surface area contributed by atoms with E-state index in [1.807, 2.05) is 0 Å². The number of carbonyl (C=O) groups excluding carboxylic acids is 2. The minimum atomic E-state index is 0.242. The zero-order valence-electron chi connectivity index (χ0n) is 36.7. The van der Waals surface area contributed by atoms with Crippen LogP contribution in [0.3, 0.4) is 0 Å². The first kappa shape index (κ1) is 52.1. The average molecular weight is 943 g/mol. The average Bonchev–Trinajstić information content (AvgIpc) is 3.71. The van der Waals surface area contributed by atoms with Gasteiger partial charge in [-0.3, -0.25) is 9.59 Å². The highest BCUT2D eigenvalue weighted by atomic mass is 79.9. The van der Waals surface area contributed by atoms with Crippen LogP contribution in [0.2, 0.25) is 0 Å². The maximum Gasteiger partial charge on any atom is 0.174 e. The molecule has 0 fully saturated rings. The van der Waals surface area contributed by atoms with Crippen LogP contribution in [0.25, 0.3) is 9.40 Å². The number of carbonyl (C=O) groups is 2. The molecule has 0 bridgehead atoms. The summed E-state index contributed by atoms with van der Waals surface area (Å²) in [5, 5.41) is 0. The van der Waals surface area contributed by atoms with Crippen LogP contribution in [0.5, 0.6) is 0 Å². The van der Waals surface area contributed by atoms with Gasteiger partial charge in [0.15, 0.2) is 11.6 Å². The topological polar surface area (TPSA) is 34.1 Å². The molecule has 0 aliphatic carbocycles. The van der Waals surface area contributed by atoms with Crippen molar-refractivity contribution >= 4 is 75.5 Å². The van der Waals surface area contributed by atoms with Gasteiger partial charge in [-0.1, -0.05) is 245 Å². The lowest BCUT2D eigenvalue weighted by atomic mass is 10.0. The van der Waals surface area contributed by atoms with Crippen molar-refractivity contribution in [2.24, 2.45) is 0 Å². The van der Waals surface area contributed by atoms with Crippen LogP contribution in [0, 0.1) is 0 Å². The van der Waals surface area contributed by atoms with E-state index >= 15 is 0 Å². The number of fused-ring (bicyclic) bond motifs is 1. The predicted molar refractivity (Wildman–Crippen MR) is 260 cm³/mol. The molecule has 324 valence electrons. The quantitative estimate of drug-likeness (QED) is 0.0491. The van der Waals surface area contributed by atoms with E-state index in [0.29, 0.717) is 12.8 Å². The van der Waals surface area contributed by atoms with Crippen molar-refractivity contribution in [3.63, 3.8) is 0 Å². The second kappa shape index (κ2) is 36.8. The second-order valence-electron chi connectivity index (χ2n) is 17.2. The molecule has 0 radical (unpaired) electrons. The molecule has 0 aliphatic heterocycles. The summed E-state index contributed by atoms with van der Waals surface area (Å²) >= 11 is 10.6. The summed E-state index contributed by atoms with van der Waals surface area (Å²) in [6.07, 6.45) is 53.0. The molecule has 2 aromatic rings.